The van der Waals surface area contributed by atoms with Crippen LogP contribution in [0.3, 0.4) is 0 Å². The largest absolute Gasteiger partial charge is 0.370 e. The number of nitrogens with zero attached hydrogens (tertiary/aromatic N) is 7. The first-order valence-corrected chi connectivity index (χ1v) is 12.5. The molecule has 0 spiro atoms. The summed E-state index contributed by atoms with van der Waals surface area (Å²) in [7, 11) is 2.13. The first-order valence-electron chi connectivity index (χ1n) is 12.5. The summed E-state index contributed by atoms with van der Waals surface area (Å²) in [5.41, 5.74) is 5.09. The Morgan fingerprint density at radius 1 is 1.19 bits per heavy atom. The molecule has 2 saturated heterocycles. The van der Waals surface area contributed by atoms with E-state index in [4.69, 9.17) is 10.00 Å². The molecule has 2 aliphatic heterocycles. The smallest absolute Gasteiger partial charge is 0.143 e. The van der Waals surface area contributed by atoms with Crippen LogP contribution < -0.4 is 0 Å². The molecule has 0 bridgehead atoms. The number of rotatable bonds is 3. The Morgan fingerprint density at radius 3 is 2.78 bits per heavy atom. The molecule has 1 aliphatic carbocycles. The van der Waals surface area contributed by atoms with Gasteiger partial charge in [0.25, 0.3) is 0 Å². The molecule has 1 aromatic heterocycles. The topological polar surface area (TPSA) is 100 Å². The number of hydrogen-bond donors (Lipinski definition) is 0. The van der Waals surface area contributed by atoms with Gasteiger partial charge in [-0.05, 0) is 77.7 Å². The maximum Gasteiger partial charge on any atom is 0.143 e. The lowest BCUT2D eigenvalue weighted by atomic mass is 9.96. The van der Waals surface area contributed by atoms with E-state index < -0.39 is 5.82 Å². The van der Waals surface area contributed by atoms with E-state index in [0.717, 1.165) is 62.1 Å². The first kappa shape index (κ1) is 25.1. The van der Waals surface area contributed by atoms with E-state index in [1.54, 1.807) is 24.0 Å². The summed E-state index contributed by atoms with van der Waals surface area (Å²) in [4.78, 5) is 15.6. The molecule has 2 fully saturated rings. The molecule has 3 aromatic rings. The zero-order valence-corrected chi connectivity index (χ0v) is 21.0. The summed E-state index contributed by atoms with van der Waals surface area (Å²) in [6.07, 6.45) is 4.39. The molecule has 192 valence electrons. The Labute approximate surface area is 215 Å². The molecule has 10 heteroatoms. The van der Waals surface area contributed by atoms with Gasteiger partial charge in [-0.15, -0.1) is 5.10 Å². The summed E-state index contributed by atoms with van der Waals surface area (Å²) in [6, 6.07) is 11.5. The van der Waals surface area contributed by atoms with E-state index in [1.807, 2.05) is 18.2 Å². The monoisotopic (exact) mass is 503 g/mol. The van der Waals surface area contributed by atoms with Crippen molar-refractivity contribution >= 4 is 6.29 Å². The number of halogens is 1. The molecular weight excluding hydrogens is 473 g/mol. The van der Waals surface area contributed by atoms with Crippen molar-refractivity contribution in [2.45, 2.75) is 37.8 Å². The molecule has 0 amide bonds. The van der Waals surface area contributed by atoms with E-state index in [1.165, 1.54) is 11.6 Å². The van der Waals surface area contributed by atoms with Crippen LogP contribution in [-0.2, 0) is 16.0 Å². The molecule has 3 unspecified atom stereocenters. The number of carbonyl (C=O) groups is 1. The molecule has 0 radical (unpaired) electrons. The fourth-order valence-corrected chi connectivity index (χ4v) is 5.51. The van der Waals surface area contributed by atoms with Gasteiger partial charge in [-0.25, -0.2) is 9.07 Å². The number of aromatic nitrogens is 4. The number of likely N-dealkylation sites (N-methyl/N-ethyl adjacent to an activating group) is 1. The standard InChI is InChI=1S/C16H20FN3O.C11H10N4O/c1-11-13(3-4-15(17)14(11)7-18)16-9-20-6-5-19(2)8-12(20)10-21-16;16-6-9-2-1-8-5-10(3-4-11(8)9)15-7-12-13-14-15/h3-4,12,16H,5-6,8-10H2,1-2H3;3-7,9H,1-2H2. The number of aldehydes is 1. The molecule has 0 N–H and O–H groups in total. The number of tetrazole rings is 1. The number of morpholine rings is 1. The van der Waals surface area contributed by atoms with Gasteiger partial charge in [0.15, 0.2) is 0 Å². The molecule has 3 aliphatic rings. The molecule has 3 heterocycles. The van der Waals surface area contributed by atoms with Crippen LogP contribution in [0.4, 0.5) is 4.39 Å². The summed E-state index contributed by atoms with van der Waals surface area (Å²) >= 11 is 0. The van der Waals surface area contributed by atoms with Crippen molar-refractivity contribution < 1.29 is 13.9 Å². The summed E-state index contributed by atoms with van der Waals surface area (Å²) in [5.74, 6) is -0.384. The summed E-state index contributed by atoms with van der Waals surface area (Å²) in [5, 5.41) is 20.1. The van der Waals surface area contributed by atoms with E-state index in [9.17, 15) is 9.18 Å². The van der Waals surface area contributed by atoms with Crippen molar-refractivity contribution in [3.8, 4) is 11.8 Å². The van der Waals surface area contributed by atoms with Crippen LogP contribution in [-0.4, -0.2) is 82.2 Å². The molecular formula is C27H30FN7O2. The molecule has 3 atom stereocenters. The average molecular weight is 504 g/mol. The van der Waals surface area contributed by atoms with Gasteiger partial charge in [0.1, 0.15) is 24.5 Å². The van der Waals surface area contributed by atoms with Crippen molar-refractivity contribution in [3.63, 3.8) is 0 Å². The fourth-order valence-electron chi connectivity index (χ4n) is 5.51. The average Bonchev–Trinajstić information content (AvgIpc) is 3.59. The number of ether oxygens (including phenoxy) is 1. The molecule has 0 saturated carbocycles. The van der Waals surface area contributed by atoms with Crippen LogP contribution in [0.25, 0.3) is 5.69 Å². The SMILES string of the molecule is Cc1c(C2CN3CCN(C)CC3CO2)ccc(F)c1C#N.O=CC1CCc2cc(-n3cnnn3)ccc21. The van der Waals surface area contributed by atoms with Gasteiger partial charge in [-0.2, -0.15) is 5.26 Å². The normalized spacial score (nSPS) is 23.4. The lowest BCUT2D eigenvalue weighted by Gasteiger charge is -2.45. The number of fused-ring (bicyclic) bond motifs is 2. The van der Waals surface area contributed by atoms with Crippen molar-refractivity contribution in [2.75, 3.05) is 39.8 Å². The second-order valence-corrected chi connectivity index (χ2v) is 9.90. The van der Waals surface area contributed by atoms with Gasteiger partial charge >= 0.3 is 0 Å². The second-order valence-electron chi connectivity index (χ2n) is 9.90. The van der Waals surface area contributed by atoms with Gasteiger partial charge in [-0.3, -0.25) is 4.90 Å². The van der Waals surface area contributed by atoms with Crippen molar-refractivity contribution in [3.05, 3.63) is 70.3 Å². The number of nitriles is 1. The lowest BCUT2D eigenvalue weighted by molar-refractivity contribution is -0.109. The molecule has 2 aromatic carbocycles. The Morgan fingerprint density at radius 2 is 2.03 bits per heavy atom. The maximum absolute atomic E-state index is 13.6. The number of benzene rings is 2. The highest BCUT2D eigenvalue weighted by atomic mass is 19.1. The Bertz CT molecular complexity index is 1310. The van der Waals surface area contributed by atoms with Gasteiger partial charge < -0.3 is 14.4 Å². The minimum Gasteiger partial charge on any atom is -0.370 e. The van der Waals surface area contributed by atoms with Crippen LogP contribution in [0.15, 0.2) is 36.7 Å². The van der Waals surface area contributed by atoms with E-state index in [-0.39, 0.29) is 17.6 Å². The number of carbonyl (C=O) groups excluding carboxylic acids is 1. The third-order valence-electron chi connectivity index (χ3n) is 7.64. The van der Waals surface area contributed by atoms with Gasteiger partial charge in [-0.1, -0.05) is 12.1 Å². The van der Waals surface area contributed by atoms with Crippen molar-refractivity contribution in [2.24, 2.45) is 0 Å². The summed E-state index contributed by atoms with van der Waals surface area (Å²) in [6.45, 7) is 6.43. The van der Waals surface area contributed by atoms with Crippen LogP contribution in [0.1, 0.15) is 46.3 Å². The van der Waals surface area contributed by atoms with E-state index >= 15 is 0 Å². The van der Waals surface area contributed by atoms with Gasteiger partial charge in [0, 0.05) is 38.1 Å². The van der Waals surface area contributed by atoms with E-state index in [0.29, 0.717) is 18.2 Å². The maximum atomic E-state index is 13.6. The Balaban J connectivity index is 0.000000157. The second kappa shape index (κ2) is 10.8. The lowest BCUT2D eigenvalue weighted by Crippen LogP contribution is -2.57. The molecule has 6 rings (SSSR count). The van der Waals surface area contributed by atoms with Crippen molar-refractivity contribution in [1.82, 2.24) is 30.0 Å². The predicted molar refractivity (Wildman–Crippen MR) is 134 cm³/mol. The van der Waals surface area contributed by atoms with Gasteiger partial charge in [0.05, 0.1) is 24.0 Å². The van der Waals surface area contributed by atoms with Crippen LogP contribution >= 0.6 is 0 Å². The molecule has 37 heavy (non-hydrogen) atoms. The third kappa shape index (κ3) is 5.16. The summed E-state index contributed by atoms with van der Waals surface area (Å²) < 4.78 is 21.3. The quantitative estimate of drug-likeness (QED) is 0.503. The predicted octanol–water partition coefficient (Wildman–Crippen LogP) is 2.58. The van der Waals surface area contributed by atoms with Crippen molar-refractivity contribution in [1.29, 1.82) is 5.26 Å². The van der Waals surface area contributed by atoms with Crippen LogP contribution in [0.5, 0.6) is 0 Å². The highest BCUT2D eigenvalue weighted by Gasteiger charge is 2.34. The van der Waals surface area contributed by atoms with Crippen LogP contribution in [0, 0.1) is 24.1 Å². The fraction of sp³-hybridized carbons (Fsp3) is 0.444. The number of hydrogen-bond acceptors (Lipinski definition) is 8. The Hall–Kier alpha value is -3.52. The highest BCUT2D eigenvalue weighted by Crippen LogP contribution is 2.33. The zero-order valence-electron chi connectivity index (χ0n) is 21.0. The highest BCUT2D eigenvalue weighted by molar-refractivity contribution is 5.66. The minimum atomic E-state index is -0.452. The molecule has 9 nitrogen and oxygen atoms in total. The number of piperazine rings is 1. The minimum absolute atomic E-state index is 0.0675. The van der Waals surface area contributed by atoms with Crippen LogP contribution in [0.2, 0.25) is 0 Å². The first-order chi connectivity index (χ1) is 18.0. The third-order valence-corrected chi connectivity index (χ3v) is 7.64. The van der Waals surface area contributed by atoms with E-state index in [2.05, 4.69) is 38.4 Å². The van der Waals surface area contributed by atoms with Gasteiger partial charge in [0.2, 0.25) is 0 Å². The Kier molecular flexibility index (Phi) is 7.37. The number of aryl methyl sites for hydroxylation is 1. The zero-order chi connectivity index (χ0) is 25.9.